The van der Waals surface area contributed by atoms with Crippen molar-refractivity contribution in [3.05, 3.63) is 29.3 Å². The monoisotopic (exact) mass is 232 g/mol. The first kappa shape index (κ1) is 11.1. The summed E-state index contributed by atoms with van der Waals surface area (Å²) in [4.78, 5) is 2.48. The number of aryl methyl sites for hydroxylation is 1. The molecule has 3 rings (SSSR count). The van der Waals surface area contributed by atoms with Crippen molar-refractivity contribution in [2.45, 2.75) is 19.4 Å². The number of nitrogens with zero attached hydrogens (tertiary/aromatic N) is 1. The van der Waals surface area contributed by atoms with Crippen LogP contribution in [0, 0.1) is 0 Å². The van der Waals surface area contributed by atoms with Crippen molar-refractivity contribution >= 4 is 5.69 Å². The lowest BCUT2D eigenvalue weighted by Gasteiger charge is -2.29. The van der Waals surface area contributed by atoms with E-state index in [2.05, 4.69) is 28.4 Å². The van der Waals surface area contributed by atoms with Gasteiger partial charge in [-0.1, -0.05) is 18.2 Å². The van der Waals surface area contributed by atoms with Crippen molar-refractivity contribution in [2.75, 3.05) is 38.2 Å². The maximum absolute atomic E-state index is 5.39. The Balaban J connectivity index is 1.77. The third-order valence-corrected chi connectivity index (χ3v) is 3.66. The zero-order chi connectivity index (χ0) is 11.5. The largest absolute Gasteiger partial charge is 0.385 e. The van der Waals surface area contributed by atoms with E-state index in [1.807, 2.05) is 0 Å². The first-order valence-corrected chi connectivity index (χ1v) is 6.58. The summed E-state index contributed by atoms with van der Waals surface area (Å²) in [6.07, 6.45) is 2.48. The molecule has 1 aromatic carbocycles. The lowest BCUT2D eigenvalue weighted by atomic mass is 9.99. The number of hydrogen-bond acceptors (Lipinski definition) is 3. The first-order chi connectivity index (χ1) is 8.43. The smallest absolute Gasteiger partial charge is 0.0594 e. The van der Waals surface area contributed by atoms with Crippen LogP contribution in [0.15, 0.2) is 18.2 Å². The van der Waals surface area contributed by atoms with Gasteiger partial charge in [0.2, 0.25) is 0 Å². The molecule has 92 valence electrons. The average molecular weight is 232 g/mol. The zero-order valence-electron chi connectivity index (χ0n) is 10.2. The second-order valence-corrected chi connectivity index (χ2v) is 4.87. The Morgan fingerprint density at radius 1 is 1.24 bits per heavy atom. The third kappa shape index (κ3) is 2.45. The molecule has 1 saturated heterocycles. The number of para-hydroxylation sites is 1. The van der Waals surface area contributed by atoms with Gasteiger partial charge in [0, 0.05) is 31.9 Å². The van der Waals surface area contributed by atoms with Gasteiger partial charge in [0.05, 0.1) is 13.2 Å². The molecule has 0 aliphatic carbocycles. The summed E-state index contributed by atoms with van der Waals surface area (Å²) in [6.45, 7) is 6.05. The number of ether oxygens (including phenoxy) is 1. The molecule has 0 spiro atoms. The van der Waals surface area contributed by atoms with Gasteiger partial charge in [0.1, 0.15) is 0 Å². The fourth-order valence-corrected chi connectivity index (χ4v) is 2.71. The van der Waals surface area contributed by atoms with E-state index in [-0.39, 0.29) is 0 Å². The molecule has 0 unspecified atom stereocenters. The minimum absolute atomic E-state index is 0.877. The molecule has 3 heteroatoms. The quantitative estimate of drug-likeness (QED) is 0.842. The van der Waals surface area contributed by atoms with Crippen molar-refractivity contribution in [3.63, 3.8) is 0 Å². The minimum Gasteiger partial charge on any atom is -0.385 e. The van der Waals surface area contributed by atoms with Gasteiger partial charge in [-0.3, -0.25) is 4.90 Å². The molecule has 1 aromatic rings. The highest BCUT2D eigenvalue weighted by atomic mass is 16.5. The Bertz CT molecular complexity index is 386. The molecule has 3 nitrogen and oxygen atoms in total. The van der Waals surface area contributed by atoms with E-state index in [1.54, 1.807) is 0 Å². The predicted octanol–water partition coefficient (Wildman–Crippen LogP) is 1.88. The molecule has 17 heavy (non-hydrogen) atoms. The van der Waals surface area contributed by atoms with Crippen molar-refractivity contribution in [2.24, 2.45) is 0 Å². The van der Waals surface area contributed by atoms with Crippen molar-refractivity contribution < 1.29 is 4.74 Å². The highest BCUT2D eigenvalue weighted by molar-refractivity contribution is 5.59. The van der Waals surface area contributed by atoms with E-state index < -0.39 is 0 Å². The topological polar surface area (TPSA) is 24.5 Å². The number of nitrogens with one attached hydrogen (secondary N) is 1. The number of rotatable bonds is 2. The number of morpholine rings is 1. The van der Waals surface area contributed by atoms with E-state index in [0.717, 1.165) is 39.4 Å². The highest BCUT2D eigenvalue weighted by Gasteiger charge is 2.16. The van der Waals surface area contributed by atoms with Crippen LogP contribution in [0.4, 0.5) is 5.69 Å². The molecule has 2 aliphatic heterocycles. The van der Waals surface area contributed by atoms with Crippen LogP contribution in [0.1, 0.15) is 17.5 Å². The molecule has 0 saturated carbocycles. The Labute approximate surface area is 103 Å². The van der Waals surface area contributed by atoms with E-state index >= 15 is 0 Å². The van der Waals surface area contributed by atoms with Crippen molar-refractivity contribution in [1.29, 1.82) is 0 Å². The highest BCUT2D eigenvalue weighted by Crippen LogP contribution is 2.27. The molecular formula is C14H20N2O. The van der Waals surface area contributed by atoms with E-state index in [1.165, 1.54) is 29.7 Å². The zero-order valence-corrected chi connectivity index (χ0v) is 10.2. The van der Waals surface area contributed by atoms with Gasteiger partial charge >= 0.3 is 0 Å². The van der Waals surface area contributed by atoms with Gasteiger partial charge in [-0.25, -0.2) is 0 Å². The van der Waals surface area contributed by atoms with Crippen LogP contribution in [-0.4, -0.2) is 37.7 Å². The van der Waals surface area contributed by atoms with Crippen LogP contribution in [0.3, 0.4) is 0 Å². The summed E-state index contributed by atoms with van der Waals surface area (Å²) in [7, 11) is 0. The predicted molar refractivity (Wildman–Crippen MR) is 69.3 cm³/mol. The molecule has 0 amide bonds. The van der Waals surface area contributed by atoms with Crippen LogP contribution in [0.5, 0.6) is 0 Å². The Morgan fingerprint density at radius 2 is 2.12 bits per heavy atom. The second kappa shape index (κ2) is 5.07. The summed E-state index contributed by atoms with van der Waals surface area (Å²) < 4.78 is 5.39. The van der Waals surface area contributed by atoms with Gasteiger partial charge < -0.3 is 10.1 Å². The van der Waals surface area contributed by atoms with Gasteiger partial charge in [-0.15, -0.1) is 0 Å². The number of benzene rings is 1. The molecule has 1 N–H and O–H groups in total. The van der Waals surface area contributed by atoms with Crippen molar-refractivity contribution in [1.82, 2.24) is 4.90 Å². The van der Waals surface area contributed by atoms with Crippen molar-refractivity contribution in [3.8, 4) is 0 Å². The van der Waals surface area contributed by atoms with Gasteiger partial charge in [0.25, 0.3) is 0 Å². The van der Waals surface area contributed by atoms with Gasteiger partial charge in [-0.05, 0) is 24.0 Å². The third-order valence-electron chi connectivity index (χ3n) is 3.66. The second-order valence-electron chi connectivity index (χ2n) is 4.87. The standard InChI is InChI=1S/C14H20N2O/c1-3-12-5-2-6-15-14(12)13(4-1)11-16-7-9-17-10-8-16/h1,3-4,15H,2,5-11H2. The van der Waals surface area contributed by atoms with E-state index in [0.29, 0.717) is 0 Å². The van der Waals surface area contributed by atoms with Crippen LogP contribution in [0.25, 0.3) is 0 Å². The number of hydrogen-bond donors (Lipinski definition) is 1. The number of anilines is 1. The lowest BCUT2D eigenvalue weighted by Crippen LogP contribution is -2.36. The van der Waals surface area contributed by atoms with Gasteiger partial charge in [-0.2, -0.15) is 0 Å². The van der Waals surface area contributed by atoms with Crippen LogP contribution in [0.2, 0.25) is 0 Å². The number of fused-ring (bicyclic) bond motifs is 1. The minimum atomic E-state index is 0.877. The van der Waals surface area contributed by atoms with Gasteiger partial charge in [0.15, 0.2) is 0 Å². The normalized spacial score (nSPS) is 20.7. The van der Waals surface area contributed by atoms with E-state index in [9.17, 15) is 0 Å². The lowest BCUT2D eigenvalue weighted by molar-refractivity contribution is 0.0342. The summed E-state index contributed by atoms with van der Waals surface area (Å²) in [5.74, 6) is 0. The molecule has 0 atom stereocenters. The SMILES string of the molecule is c1cc2c(c(CN3CCOCC3)c1)NCCC2. The van der Waals surface area contributed by atoms with Crippen LogP contribution < -0.4 is 5.32 Å². The summed E-state index contributed by atoms with van der Waals surface area (Å²) >= 11 is 0. The molecule has 0 radical (unpaired) electrons. The summed E-state index contributed by atoms with van der Waals surface area (Å²) in [5.41, 5.74) is 4.33. The van der Waals surface area contributed by atoms with Crippen LogP contribution in [-0.2, 0) is 17.7 Å². The first-order valence-electron chi connectivity index (χ1n) is 6.58. The summed E-state index contributed by atoms with van der Waals surface area (Å²) in [6, 6.07) is 6.71. The molecular weight excluding hydrogens is 212 g/mol. The van der Waals surface area contributed by atoms with Crippen LogP contribution >= 0.6 is 0 Å². The Kier molecular flexibility index (Phi) is 3.29. The maximum Gasteiger partial charge on any atom is 0.0594 e. The molecule has 2 aliphatic rings. The summed E-state index contributed by atoms with van der Waals surface area (Å²) in [5, 5.41) is 3.56. The maximum atomic E-state index is 5.39. The Hall–Kier alpha value is -1.06. The Morgan fingerprint density at radius 3 is 3.00 bits per heavy atom. The molecule has 0 bridgehead atoms. The molecule has 2 heterocycles. The average Bonchev–Trinajstić information content (AvgIpc) is 2.40. The molecule has 1 fully saturated rings. The molecule has 0 aromatic heterocycles. The van der Waals surface area contributed by atoms with E-state index in [4.69, 9.17) is 4.74 Å². The fraction of sp³-hybridized carbons (Fsp3) is 0.571. The fourth-order valence-electron chi connectivity index (χ4n) is 2.71.